The highest BCUT2D eigenvalue weighted by atomic mass is 16.5. The monoisotopic (exact) mass is 404 g/mol. The van der Waals surface area contributed by atoms with E-state index in [2.05, 4.69) is 39.3 Å². The first kappa shape index (κ1) is 20.0. The Labute approximate surface area is 173 Å². The normalized spacial score (nSPS) is 12.4. The Morgan fingerprint density at radius 1 is 1.23 bits per heavy atom. The molecule has 1 unspecified atom stereocenters. The summed E-state index contributed by atoms with van der Waals surface area (Å²) in [6.07, 6.45) is 1.65. The maximum atomic E-state index is 12.6. The number of aliphatic hydroxyl groups excluding tert-OH is 1. The van der Waals surface area contributed by atoms with Crippen molar-refractivity contribution in [1.29, 1.82) is 0 Å². The predicted molar refractivity (Wildman–Crippen MR) is 118 cm³/mol. The van der Waals surface area contributed by atoms with E-state index in [4.69, 9.17) is 4.74 Å². The highest BCUT2D eigenvalue weighted by Gasteiger charge is 2.21. The third-order valence-corrected chi connectivity index (χ3v) is 5.39. The van der Waals surface area contributed by atoms with Crippen molar-refractivity contribution >= 4 is 21.8 Å². The summed E-state index contributed by atoms with van der Waals surface area (Å²) in [7, 11) is 3.48. The van der Waals surface area contributed by atoms with Gasteiger partial charge in [0.25, 0.3) is 5.56 Å². The standard InChI is InChI=1S/C23H24N4O3/c1-13(11-24-2)14-6-8-15(9-7-14)18-19-20-16(5-4-10-25-20)22(29)27-21(19)17(12-28)26-23(18)30-3/h4-10,13,24,28H,11-12H2,1-3H3,(H,27,29). The zero-order valence-corrected chi connectivity index (χ0v) is 17.2. The van der Waals surface area contributed by atoms with E-state index >= 15 is 0 Å². The van der Waals surface area contributed by atoms with Gasteiger partial charge in [0.05, 0.1) is 41.4 Å². The second-order valence-electron chi connectivity index (χ2n) is 7.29. The molecular formula is C23H24N4O3. The van der Waals surface area contributed by atoms with Crippen LogP contribution in [0.1, 0.15) is 24.1 Å². The van der Waals surface area contributed by atoms with Crippen LogP contribution in [0.15, 0.2) is 47.4 Å². The van der Waals surface area contributed by atoms with Gasteiger partial charge in [0.15, 0.2) is 0 Å². The van der Waals surface area contributed by atoms with Gasteiger partial charge in [-0.2, -0.15) is 0 Å². The molecule has 4 rings (SSSR count). The van der Waals surface area contributed by atoms with Crippen molar-refractivity contribution in [1.82, 2.24) is 20.3 Å². The molecule has 0 saturated carbocycles. The summed E-state index contributed by atoms with van der Waals surface area (Å²) in [5.74, 6) is 0.748. The van der Waals surface area contributed by atoms with Crippen LogP contribution in [0.5, 0.6) is 5.88 Å². The molecule has 0 fully saturated rings. The van der Waals surface area contributed by atoms with E-state index in [0.717, 1.165) is 17.7 Å². The number of aliphatic hydroxyl groups is 1. The molecule has 4 aromatic rings. The molecule has 3 aromatic heterocycles. The van der Waals surface area contributed by atoms with Gasteiger partial charge in [0.2, 0.25) is 5.88 Å². The lowest BCUT2D eigenvalue weighted by Gasteiger charge is -2.16. The Balaban J connectivity index is 2.06. The molecule has 0 aliphatic rings. The van der Waals surface area contributed by atoms with E-state index < -0.39 is 0 Å². The number of nitrogens with one attached hydrogen (secondary N) is 2. The van der Waals surface area contributed by atoms with Crippen LogP contribution < -0.4 is 15.6 Å². The van der Waals surface area contributed by atoms with E-state index in [1.807, 2.05) is 19.2 Å². The van der Waals surface area contributed by atoms with Gasteiger partial charge in [0, 0.05) is 18.1 Å². The fourth-order valence-corrected chi connectivity index (χ4v) is 3.88. The van der Waals surface area contributed by atoms with Gasteiger partial charge in [-0.3, -0.25) is 9.78 Å². The number of rotatable bonds is 6. The molecule has 3 heterocycles. The first-order chi connectivity index (χ1) is 14.6. The number of aromatic nitrogens is 3. The third-order valence-electron chi connectivity index (χ3n) is 5.39. The van der Waals surface area contributed by atoms with Crippen LogP contribution in [-0.4, -0.2) is 40.8 Å². The minimum Gasteiger partial charge on any atom is -0.481 e. The van der Waals surface area contributed by atoms with Gasteiger partial charge in [-0.05, 0) is 36.2 Å². The molecule has 154 valence electrons. The number of aromatic amines is 1. The number of hydrogen-bond acceptors (Lipinski definition) is 6. The number of fused-ring (bicyclic) bond motifs is 3. The molecule has 7 heteroatoms. The van der Waals surface area contributed by atoms with E-state index in [-0.39, 0.29) is 12.2 Å². The molecule has 1 aromatic carbocycles. The largest absolute Gasteiger partial charge is 0.481 e. The molecule has 0 radical (unpaired) electrons. The lowest BCUT2D eigenvalue weighted by molar-refractivity contribution is 0.276. The van der Waals surface area contributed by atoms with Crippen LogP contribution in [0.25, 0.3) is 32.9 Å². The van der Waals surface area contributed by atoms with Gasteiger partial charge in [-0.1, -0.05) is 31.2 Å². The summed E-state index contributed by atoms with van der Waals surface area (Å²) < 4.78 is 5.59. The number of pyridine rings is 3. The Kier molecular flexibility index (Phi) is 5.48. The first-order valence-corrected chi connectivity index (χ1v) is 9.82. The number of benzene rings is 1. The van der Waals surface area contributed by atoms with Crippen LogP contribution in [-0.2, 0) is 6.61 Å². The quantitative estimate of drug-likeness (QED) is 0.427. The van der Waals surface area contributed by atoms with Crippen molar-refractivity contribution in [2.24, 2.45) is 0 Å². The zero-order valence-electron chi connectivity index (χ0n) is 17.2. The minimum atomic E-state index is -0.331. The fourth-order valence-electron chi connectivity index (χ4n) is 3.88. The van der Waals surface area contributed by atoms with E-state index in [0.29, 0.717) is 39.3 Å². The molecule has 0 amide bonds. The van der Waals surface area contributed by atoms with Crippen LogP contribution in [0, 0.1) is 0 Å². The van der Waals surface area contributed by atoms with Crippen molar-refractivity contribution in [3.05, 3.63) is 64.2 Å². The maximum Gasteiger partial charge on any atom is 0.257 e. The second-order valence-corrected chi connectivity index (χ2v) is 7.29. The molecular weight excluding hydrogens is 380 g/mol. The number of hydrogen-bond donors (Lipinski definition) is 3. The zero-order chi connectivity index (χ0) is 21.3. The average Bonchev–Trinajstić information content (AvgIpc) is 2.78. The number of ether oxygens (including phenoxy) is 1. The lowest BCUT2D eigenvalue weighted by atomic mass is 9.95. The summed E-state index contributed by atoms with van der Waals surface area (Å²) in [6, 6.07) is 11.7. The molecule has 0 aliphatic heterocycles. The lowest BCUT2D eigenvalue weighted by Crippen LogP contribution is -2.14. The van der Waals surface area contributed by atoms with Crippen molar-refractivity contribution < 1.29 is 9.84 Å². The number of likely N-dealkylation sites (N-methyl/N-ethyl adjacent to an activating group) is 1. The smallest absolute Gasteiger partial charge is 0.257 e. The number of nitrogens with zero attached hydrogens (tertiary/aromatic N) is 2. The van der Waals surface area contributed by atoms with Gasteiger partial charge in [0.1, 0.15) is 0 Å². The number of methoxy groups -OCH3 is 1. The van der Waals surface area contributed by atoms with Crippen molar-refractivity contribution in [2.45, 2.75) is 19.4 Å². The highest BCUT2D eigenvalue weighted by Crippen LogP contribution is 2.39. The van der Waals surface area contributed by atoms with Crippen LogP contribution >= 0.6 is 0 Å². The van der Waals surface area contributed by atoms with Crippen LogP contribution in [0.4, 0.5) is 0 Å². The molecule has 0 aliphatic carbocycles. The van der Waals surface area contributed by atoms with Gasteiger partial charge < -0.3 is 20.1 Å². The van der Waals surface area contributed by atoms with Gasteiger partial charge >= 0.3 is 0 Å². The topological polar surface area (TPSA) is 100 Å². The Bertz CT molecular complexity index is 1270. The first-order valence-electron chi connectivity index (χ1n) is 9.82. The third kappa shape index (κ3) is 3.32. The van der Waals surface area contributed by atoms with E-state index in [1.165, 1.54) is 5.56 Å². The minimum absolute atomic E-state index is 0.269. The number of H-pyrrole nitrogens is 1. The van der Waals surface area contributed by atoms with E-state index in [1.54, 1.807) is 25.4 Å². The van der Waals surface area contributed by atoms with Crippen molar-refractivity contribution in [3.8, 4) is 17.0 Å². The molecule has 30 heavy (non-hydrogen) atoms. The summed E-state index contributed by atoms with van der Waals surface area (Å²) in [6.45, 7) is 2.72. The van der Waals surface area contributed by atoms with Gasteiger partial charge in [-0.25, -0.2) is 4.98 Å². The Morgan fingerprint density at radius 2 is 2.00 bits per heavy atom. The molecule has 1 atom stereocenters. The Morgan fingerprint density at radius 3 is 2.67 bits per heavy atom. The molecule has 0 spiro atoms. The van der Waals surface area contributed by atoms with Crippen LogP contribution in [0.2, 0.25) is 0 Å². The van der Waals surface area contributed by atoms with Crippen molar-refractivity contribution in [3.63, 3.8) is 0 Å². The van der Waals surface area contributed by atoms with Crippen LogP contribution in [0.3, 0.4) is 0 Å². The summed E-state index contributed by atoms with van der Waals surface area (Å²) in [5.41, 5.74) is 3.94. The SMILES string of the molecule is CNCC(C)c1ccc(-c2c(OC)nc(CO)c3[nH]c(=O)c4cccnc4c23)cc1. The summed E-state index contributed by atoms with van der Waals surface area (Å²) >= 11 is 0. The molecule has 7 nitrogen and oxygen atoms in total. The summed E-state index contributed by atoms with van der Waals surface area (Å²) in [4.78, 5) is 24.4. The highest BCUT2D eigenvalue weighted by molar-refractivity contribution is 6.12. The molecule has 0 bridgehead atoms. The predicted octanol–water partition coefficient (Wildman–Crippen LogP) is 2.96. The second kappa shape index (κ2) is 8.22. The fraction of sp³-hybridized carbons (Fsp3) is 0.261. The molecule has 3 N–H and O–H groups in total. The van der Waals surface area contributed by atoms with Crippen molar-refractivity contribution in [2.75, 3.05) is 20.7 Å². The van der Waals surface area contributed by atoms with Gasteiger partial charge in [-0.15, -0.1) is 0 Å². The maximum absolute atomic E-state index is 12.6. The van der Waals surface area contributed by atoms with E-state index in [9.17, 15) is 9.90 Å². The average molecular weight is 404 g/mol. The molecule has 0 saturated heterocycles. The summed E-state index contributed by atoms with van der Waals surface area (Å²) in [5, 5.41) is 14.2. The Hall–Kier alpha value is -3.29.